The Hall–Kier alpha value is -2.25. The van der Waals surface area contributed by atoms with Crippen LogP contribution in [0, 0.1) is 0 Å². The van der Waals surface area contributed by atoms with Gasteiger partial charge in [0.15, 0.2) is 0 Å². The van der Waals surface area contributed by atoms with E-state index in [1.54, 1.807) is 0 Å². The lowest BCUT2D eigenvalue weighted by atomic mass is 9.96. The minimum atomic E-state index is -9.62. The normalized spacial score (nSPS) is 17.9. The predicted molar refractivity (Wildman–Crippen MR) is 66.1 cm³/mol. The number of hydrogen-bond donors (Lipinski definition) is 1. The third-order valence-corrected chi connectivity index (χ3v) is 4.20. The van der Waals surface area contributed by atoms with E-state index in [4.69, 9.17) is 5.11 Å². The molecule has 0 aliphatic rings. The van der Waals surface area contributed by atoms with Gasteiger partial charge >= 0.3 is 72.0 Å². The summed E-state index contributed by atoms with van der Waals surface area (Å²) in [6, 6.07) is -28.6. The fourth-order valence-electron chi connectivity index (χ4n) is 2.12. The topological polar surface area (TPSA) is 40.5 Å². The molecule has 3 nitrogen and oxygen atoms in total. The second kappa shape index (κ2) is 8.87. The third-order valence-electron chi connectivity index (χ3n) is 4.20. The molecule has 0 heterocycles. The van der Waals surface area contributed by atoms with E-state index in [-0.39, 0.29) is 0 Å². The Labute approximate surface area is 193 Å². The molecule has 1 unspecified atom stereocenters. The fraction of sp³-hybridized carbons (Fsp3) is 0.917. The summed E-state index contributed by atoms with van der Waals surface area (Å²) in [5.74, 6) is -41.7. The molecule has 0 aromatic heterocycles. The van der Waals surface area contributed by atoms with Gasteiger partial charge in [-0.25, -0.2) is 9.18 Å². The molecule has 0 amide bonds. The molecule has 0 saturated carbocycles. The zero-order chi connectivity index (χ0) is 32.7. The second-order valence-corrected chi connectivity index (χ2v) is 6.71. The Morgan fingerprint density at radius 3 is 0.769 bits per heavy atom. The maximum Gasteiger partial charge on any atom is 0.460 e. The monoisotopic (exact) mass is 647 g/mol. The average Bonchev–Trinajstić information content (AvgIpc) is 2.62. The quantitative estimate of drug-likeness (QED) is 0.215. The molecular weight excluding hydrogens is 646 g/mol. The van der Waals surface area contributed by atoms with Crippen LogP contribution < -0.4 is 0 Å². The van der Waals surface area contributed by atoms with E-state index in [2.05, 4.69) is 0 Å². The van der Waals surface area contributed by atoms with Crippen LogP contribution in [-0.2, 0) is 4.79 Å². The number of nitrogens with zero attached hydrogens (tertiary/aromatic N) is 1. The van der Waals surface area contributed by atoms with E-state index in [9.17, 15) is 110 Å². The maximum atomic E-state index is 14.1. The summed E-state index contributed by atoms with van der Waals surface area (Å²) in [5, 5.41) is 7.95. The highest BCUT2D eigenvalue weighted by atomic mass is 19.4. The number of carboxylic acid groups (broad SMARTS) is 1. The van der Waals surface area contributed by atoms with E-state index >= 15 is 0 Å². The minimum Gasteiger partial charge on any atom is -0.478 e. The van der Waals surface area contributed by atoms with Crippen LogP contribution in [0.5, 0.6) is 0 Å². The summed E-state index contributed by atoms with van der Waals surface area (Å²) in [4.78, 5) is 4.48. The molecule has 1 N–H and O–H groups in total. The van der Waals surface area contributed by atoms with Crippen molar-refractivity contribution in [2.45, 2.75) is 66.0 Å². The molecule has 0 radical (unpaired) electrons. The highest BCUT2D eigenvalue weighted by molar-refractivity contribution is 5.80. The van der Waals surface area contributed by atoms with Gasteiger partial charge in [0.1, 0.15) is 0 Å². The zero-order valence-electron chi connectivity index (χ0n) is 16.4. The molecule has 27 heteroatoms. The number of rotatable bonds is 9. The molecule has 0 aromatic carbocycles. The number of carboxylic acids is 1. The number of alkyl halides is 24. The van der Waals surface area contributed by atoms with Gasteiger partial charge in [0.2, 0.25) is 0 Å². The molecule has 0 aliphatic carbocycles. The molecule has 0 aliphatic heterocycles. The van der Waals surface area contributed by atoms with Gasteiger partial charge in [-0.15, -0.1) is 4.90 Å². The molecule has 0 bridgehead atoms. The molecule has 0 rings (SSSR count). The third kappa shape index (κ3) is 4.63. The average molecular weight is 647 g/mol. The van der Waals surface area contributed by atoms with Gasteiger partial charge in [0.25, 0.3) is 0 Å². The minimum absolute atomic E-state index is 5.26. The Morgan fingerprint density at radius 1 is 0.385 bits per heavy atom. The summed E-state index contributed by atoms with van der Waals surface area (Å²) in [6.45, 7) is 0. The smallest absolute Gasteiger partial charge is 0.460 e. The summed E-state index contributed by atoms with van der Waals surface area (Å²) < 4.78 is 314. The summed E-state index contributed by atoms with van der Waals surface area (Å²) in [7, 11) is 0. The van der Waals surface area contributed by atoms with Crippen molar-refractivity contribution in [2.75, 3.05) is 0 Å². The van der Waals surface area contributed by atoms with Gasteiger partial charge < -0.3 is 5.11 Å². The SMILES string of the molecule is O=C(O)C(F)(C(F)(F)F)C(F)(F)N(C(F)(F)C(F)(F)C(F)(F)C(F)(F)F)C(F)(F)C(F)(F)C(F)(F)C(F)(F)F. The van der Waals surface area contributed by atoms with Crippen LogP contribution in [-0.4, -0.2) is 82.0 Å². The maximum absolute atomic E-state index is 14.1. The molecule has 234 valence electrons. The van der Waals surface area contributed by atoms with Gasteiger partial charge in [-0.05, 0) is 0 Å². The largest absolute Gasteiger partial charge is 0.478 e. The van der Waals surface area contributed by atoms with Gasteiger partial charge in [0.05, 0.1) is 0 Å². The van der Waals surface area contributed by atoms with Crippen LogP contribution in [0.1, 0.15) is 0 Å². The number of halogens is 24. The standard InChI is InChI=1S/C12HF24NO2/c13-2(1(38)39,7(22,23)24)10(31,32)37(11(33,34)5(18,19)3(14,15)8(25,26)27)12(35,36)6(20,21)4(16,17)9(28,29)30/h(H,38,39). The lowest BCUT2D eigenvalue weighted by Crippen LogP contribution is -2.82. The lowest BCUT2D eigenvalue weighted by molar-refractivity contribution is -0.514. The van der Waals surface area contributed by atoms with Crippen LogP contribution in [0.2, 0.25) is 0 Å². The highest BCUT2D eigenvalue weighted by Crippen LogP contribution is 2.64. The Bertz CT molecular complexity index is 875. The number of aliphatic carboxylic acids is 1. The first kappa shape index (κ1) is 36.8. The lowest BCUT2D eigenvalue weighted by Gasteiger charge is -2.49. The molecule has 0 fully saturated rings. The van der Waals surface area contributed by atoms with Crippen molar-refractivity contribution in [2.24, 2.45) is 0 Å². The first-order valence-corrected chi connectivity index (χ1v) is 7.88. The van der Waals surface area contributed by atoms with E-state index in [1.165, 1.54) is 0 Å². The van der Waals surface area contributed by atoms with Crippen LogP contribution in [0.15, 0.2) is 0 Å². The Morgan fingerprint density at radius 2 is 0.615 bits per heavy atom. The first-order chi connectivity index (χ1) is 16.3. The summed E-state index contributed by atoms with van der Waals surface area (Å²) >= 11 is 0. The van der Waals surface area contributed by atoms with Gasteiger partial charge in [-0.3, -0.25) is 0 Å². The van der Waals surface area contributed by atoms with Crippen LogP contribution in [0.4, 0.5) is 105 Å². The van der Waals surface area contributed by atoms with Gasteiger partial charge in [-0.1, -0.05) is 0 Å². The van der Waals surface area contributed by atoms with Gasteiger partial charge in [0, 0.05) is 0 Å². The first-order valence-electron chi connectivity index (χ1n) is 7.88. The second-order valence-electron chi connectivity index (χ2n) is 6.71. The van der Waals surface area contributed by atoms with Crippen molar-refractivity contribution >= 4 is 5.97 Å². The molecule has 39 heavy (non-hydrogen) atoms. The fourth-order valence-corrected chi connectivity index (χ4v) is 2.12. The highest BCUT2D eigenvalue weighted by Gasteiger charge is 2.95. The van der Waals surface area contributed by atoms with E-state index < -0.39 is 76.9 Å². The number of hydrogen-bond acceptors (Lipinski definition) is 2. The van der Waals surface area contributed by atoms with Crippen LogP contribution in [0.3, 0.4) is 0 Å². The Balaban J connectivity index is 8.27. The molecule has 1 atom stereocenters. The molecule has 0 aromatic rings. The van der Waals surface area contributed by atoms with E-state index in [0.717, 1.165) is 0 Å². The van der Waals surface area contributed by atoms with Crippen molar-refractivity contribution in [3.05, 3.63) is 0 Å². The summed E-state index contributed by atoms with van der Waals surface area (Å²) in [6.07, 6.45) is -25.1. The molecule has 0 saturated heterocycles. The van der Waals surface area contributed by atoms with Crippen molar-refractivity contribution in [3.8, 4) is 0 Å². The number of carbonyl (C=O) groups is 1. The van der Waals surface area contributed by atoms with Gasteiger partial charge in [-0.2, -0.15) is 101 Å². The van der Waals surface area contributed by atoms with Crippen molar-refractivity contribution in [1.82, 2.24) is 4.90 Å². The predicted octanol–water partition coefficient (Wildman–Crippen LogP) is 7.09. The Kier molecular flexibility index (Phi) is 8.36. The van der Waals surface area contributed by atoms with E-state index in [0.29, 0.717) is 0 Å². The molecule has 0 spiro atoms. The van der Waals surface area contributed by atoms with Crippen molar-refractivity contribution < 1.29 is 115 Å². The van der Waals surface area contributed by atoms with Crippen LogP contribution in [0.25, 0.3) is 0 Å². The molecular formula is C12HF24NO2. The van der Waals surface area contributed by atoms with Crippen molar-refractivity contribution in [1.29, 1.82) is 0 Å². The van der Waals surface area contributed by atoms with Crippen molar-refractivity contribution in [3.63, 3.8) is 0 Å². The van der Waals surface area contributed by atoms with Crippen LogP contribution >= 0.6 is 0 Å². The zero-order valence-corrected chi connectivity index (χ0v) is 16.4. The van der Waals surface area contributed by atoms with E-state index in [1.807, 2.05) is 0 Å². The summed E-state index contributed by atoms with van der Waals surface area (Å²) in [5.41, 5.74) is -8.56.